The molecule has 1 fully saturated rings. The van der Waals surface area contributed by atoms with E-state index in [1.54, 1.807) is 0 Å². The van der Waals surface area contributed by atoms with E-state index >= 15 is 0 Å². The highest BCUT2D eigenvalue weighted by Gasteiger charge is 2.18. The number of hydrazine groups is 1. The van der Waals surface area contributed by atoms with Gasteiger partial charge in [-0.1, -0.05) is 30.3 Å². The van der Waals surface area contributed by atoms with E-state index in [2.05, 4.69) is 29.7 Å². The van der Waals surface area contributed by atoms with Gasteiger partial charge in [0.2, 0.25) is 0 Å². The Bertz CT molecular complexity index is 309. The van der Waals surface area contributed by atoms with Crippen molar-refractivity contribution >= 4 is 0 Å². The summed E-state index contributed by atoms with van der Waals surface area (Å²) < 4.78 is 5.38. The van der Waals surface area contributed by atoms with Crippen molar-refractivity contribution in [3.63, 3.8) is 0 Å². The van der Waals surface area contributed by atoms with Crippen LogP contribution in [0.15, 0.2) is 30.3 Å². The van der Waals surface area contributed by atoms with Gasteiger partial charge in [-0.2, -0.15) is 0 Å². The minimum atomic E-state index is 0.375. The molecule has 1 aromatic carbocycles. The van der Waals surface area contributed by atoms with Gasteiger partial charge in [0.05, 0.1) is 0 Å². The molecule has 0 aliphatic carbocycles. The van der Waals surface area contributed by atoms with Crippen LogP contribution >= 0.6 is 0 Å². The molecule has 94 valence electrons. The predicted octanol–water partition coefficient (Wildman–Crippen LogP) is 1.88. The van der Waals surface area contributed by atoms with Crippen LogP contribution in [0.3, 0.4) is 0 Å². The summed E-state index contributed by atoms with van der Waals surface area (Å²) in [6, 6.07) is 10.9. The first-order chi connectivity index (χ1) is 8.38. The molecule has 1 saturated heterocycles. The van der Waals surface area contributed by atoms with E-state index in [0.29, 0.717) is 6.04 Å². The number of hydrogen-bond donors (Lipinski definition) is 2. The maximum absolute atomic E-state index is 5.66. The van der Waals surface area contributed by atoms with Crippen molar-refractivity contribution < 1.29 is 4.74 Å². The standard InChI is InChI=1S/C14H22N2O/c15-16-14(10-12-4-2-1-3-5-12)11-13-6-8-17-9-7-13/h1-5,13-14,16H,6-11,15H2. The molecule has 0 aromatic heterocycles. The number of nitrogens with one attached hydrogen (secondary N) is 1. The summed E-state index contributed by atoms with van der Waals surface area (Å²) in [6.07, 6.45) is 4.50. The maximum Gasteiger partial charge on any atom is 0.0468 e. The van der Waals surface area contributed by atoms with E-state index in [9.17, 15) is 0 Å². The lowest BCUT2D eigenvalue weighted by Gasteiger charge is -2.26. The quantitative estimate of drug-likeness (QED) is 0.604. The Balaban J connectivity index is 1.83. The van der Waals surface area contributed by atoms with Crippen molar-refractivity contribution in [2.45, 2.75) is 31.7 Å². The monoisotopic (exact) mass is 234 g/mol. The smallest absolute Gasteiger partial charge is 0.0468 e. The van der Waals surface area contributed by atoms with Crippen molar-refractivity contribution in [2.24, 2.45) is 11.8 Å². The molecule has 0 spiro atoms. The zero-order valence-corrected chi connectivity index (χ0v) is 10.3. The molecule has 1 aliphatic heterocycles. The van der Waals surface area contributed by atoms with E-state index in [4.69, 9.17) is 10.6 Å². The number of benzene rings is 1. The van der Waals surface area contributed by atoms with Gasteiger partial charge in [0.25, 0.3) is 0 Å². The number of rotatable bonds is 5. The molecule has 1 aromatic rings. The Hall–Kier alpha value is -0.900. The molecule has 3 N–H and O–H groups in total. The average Bonchev–Trinajstić information content (AvgIpc) is 2.40. The van der Waals surface area contributed by atoms with Gasteiger partial charge in [0.1, 0.15) is 0 Å². The van der Waals surface area contributed by atoms with Crippen molar-refractivity contribution in [3.05, 3.63) is 35.9 Å². The largest absolute Gasteiger partial charge is 0.381 e. The molecule has 3 nitrogen and oxygen atoms in total. The Morgan fingerprint density at radius 1 is 1.24 bits per heavy atom. The van der Waals surface area contributed by atoms with Crippen LogP contribution in [0.5, 0.6) is 0 Å². The molecule has 1 unspecified atom stereocenters. The van der Waals surface area contributed by atoms with Gasteiger partial charge in [-0.25, -0.2) is 0 Å². The van der Waals surface area contributed by atoms with Gasteiger partial charge in [-0.05, 0) is 37.2 Å². The maximum atomic E-state index is 5.66. The van der Waals surface area contributed by atoms with Gasteiger partial charge >= 0.3 is 0 Å². The fourth-order valence-corrected chi connectivity index (χ4v) is 2.49. The van der Waals surface area contributed by atoms with Crippen LogP contribution < -0.4 is 11.3 Å². The lowest BCUT2D eigenvalue weighted by molar-refractivity contribution is 0.0605. The second kappa shape index (κ2) is 6.74. The lowest BCUT2D eigenvalue weighted by atomic mass is 9.90. The molecule has 1 atom stereocenters. The van der Waals surface area contributed by atoms with Crippen molar-refractivity contribution in [2.75, 3.05) is 13.2 Å². The third-order valence-corrected chi connectivity index (χ3v) is 3.52. The van der Waals surface area contributed by atoms with Crippen LogP contribution in [0.25, 0.3) is 0 Å². The van der Waals surface area contributed by atoms with Gasteiger partial charge in [-0.3, -0.25) is 11.3 Å². The molecular weight excluding hydrogens is 212 g/mol. The number of nitrogens with two attached hydrogens (primary N) is 1. The second-order valence-corrected chi connectivity index (χ2v) is 4.84. The van der Waals surface area contributed by atoms with E-state index in [1.807, 2.05) is 6.07 Å². The van der Waals surface area contributed by atoms with Gasteiger partial charge < -0.3 is 4.74 Å². The topological polar surface area (TPSA) is 47.3 Å². The number of ether oxygens (including phenoxy) is 1. The van der Waals surface area contributed by atoms with Crippen LogP contribution in [-0.2, 0) is 11.2 Å². The van der Waals surface area contributed by atoms with E-state index < -0.39 is 0 Å². The summed E-state index contributed by atoms with van der Waals surface area (Å²) in [5.41, 5.74) is 4.31. The molecule has 1 heterocycles. The molecule has 0 saturated carbocycles. The normalized spacial score (nSPS) is 19.1. The highest BCUT2D eigenvalue weighted by Crippen LogP contribution is 2.21. The second-order valence-electron chi connectivity index (χ2n) is 4.84. The van der Waals surface area contributed by atoms with Crippen LogP contribution in [0, 0.1) is 5.92 Å². The molecule has 3 heteroatoms. The molecule has 17 heavy (non-hydrogen) atoms. The molecule has 1 aliphatic rings. The minimum absolute atomic E-state index is 0.375. The summed E-state index contributed by atoms with van der Waals surface area (Å²) >= 11 is 0. The van der Waals surface area contributed by atoms with Crippen LogP contribution in [0.2, 0.25) is 0 Å². The van der Waals surface area contributed by atoms with Gasteiger partial charge in [0, 0.05) is 19.3 Å². The van der Waals surface area contributed by atoms with Crippen molar-refractivity contribution in [3.8, 4) is 0 Å². The minimum Gasteiger partial charge on any atom is -0.381 e. The van der Waals surface area contributed by atoms with E-state index in [-0.39, 0.29) is 0 Å². The lowest BCUT2D eigenvalue weighted by Crippen LogP contribution is -2.39. The zero-order chi connectivity index (χ0) is 11.9. The summed E-state index contributed by atoms with van der Waals surface area (Å²) in [7, 11) is 0. The molecular formula is C14H22N2O. The predicted molar refractivity (Wildman–Crippen MR) is 69.4 cm³/mol. The Kier molecular flexibility index (Phi) is 4.98. The third kappa shape index (κ3) is 4.11. The SMILES string of the molecule is NNC(Cc1ccccc1)CC1CCOCC1. The fraction of sp³-hybridized carbons (Fsp3) is 0.571. The first-order valence-corrected chi connectivity index (χ1v) is 6.46. The highest BCUT2D eigenvalue weighted by molar-refractivity contribution is 5.15. The van der Waals surface area contributed by atoms with Gasteiger partial charge in [0.15, 0.2) is 0 Å². The highest BCUT2D eigenvalue weighted by atomic mass is 16.5. The van der Waals surface area contributed by atoms with Crippen molar-refractivity contribution in [1.82, 2.24) is 5.43 Å². The summed E-state index contributed by atoms with van der Waals surface area (Å²) in [5, 5.41) is 0. The van der Waals surface area contributed by atoms with E-state index in [1.165, 1.54) is 18.4 Å². The third-order valence-electron chi connectivity index (χ3n) is 3.52. The van der Waals surface area contributed by atoms with Crippen LogP contribution in [-0.4, -0.2) is 19.3 Å². The summed E-state index contributed by atoms with van der Waals surface area (Å²) in [5.74, 6) is 6.41. The first-order valence-electron chi connectivity index (χ1n) is 6.46. The molecule has 0 bridgehead atoms. The van der Waals surface area contributed by atoms with E-state index in [0.717, 1.165) is 32.0 Å². The Labute approximate surface area is 103 Å². The van der Waals surface area contributed by atoms with Crippen molar-refractivity contribution in [1.29, 1.82) is 0 Å². The van der Waals surface area contributed by atoms with Gasteiger partial charge in [-0.15, -0.1) is 0 Å². The molecule has 0 amide bonds. The summed E-state index contributed by atoms with van der Waals surface area (Å²) in [4.78, 5) is 0. The summed E-state index contributed by atoms with van der Waals surface area (Å²) in [6.45, 7) is 1.82. The Morgan fingerprint density at radius 3 is 2.59 bits per heavy atom. The first kappa shape index (κ1) is 12.6. The number of hydrogen-bond acceptors (Lipinski definition) is 3. The average molecular weight is 234 g/mol. The molecule has 0 radical (unpaired) electrons. The molecule has 2 rings (SSSR count). The van der Waals surface area contributed by atoms with Crippen LogP contribution in [0.1, 0.15) is 24.8 Å². The zero-order valence-electron chi connectivity index (χ0n) is 10.3. The van der Waals surface area contributed by atoms with Crippen LogP contribution in [0.4, 0.5) is 0 Å². The Morgan fingerprint density at radius 2 is 1.94 bits per heavy atom. The fourth-order valence-electron chi connectivity index (χ4n) is 2.49.